The fraction of sp³-hybridized carbons (Fsp3) is 0.682. The van der Waals surface area contributed by atoms with Gasteiger partial charge in [-0.3, -0.25) is 4.79 Å². The van der Waals surface area contributed by atoms with Crippen molar-refractivity contribution in [2.45, 2.75) is 58.5 Å². The number of ether oxygens (including phenoxy) is 2. The predicted octanol–water partition coefficient (Wildman–Crippen LogP) is 3.39. The number of hydrogen-bond acceptors (Lipinski definition) is 5. The summed E-state index contributed by atoms with van der Waals surface area (Å²) in [6, 6.07) is 8.16. The third kappa shape index (κ3) is 6.51. The average Bonchev–Trinajstić information content (AvgIpc) is 2.67. The van der Waals surface area contributed by atoms with Crippen LogP contribution in [-0.2, 0) is 14.9 Å². The molecule has 5 nitrogen and oxygen atoms in total. The summed E-state index contributed by atoms with van der Waals surface area (Å²) in [5.41, 5.74) is 1.45. The van der Waals surface area contributed by atoms with E-state index in [0.717, 1.165) is 38.1 Å². The lowest BCUT2D eigenvalue weighted by atomic mass is 9.82. The number of carbonyl (C=O) groups is 1. The van der Waals surface area contributed by atoms with Gasteiger partial charge < -0.3 is 19.5 Å². The summed E-state index contributed by atoms with van der Waals surface area (Å²) in [6.07, 6.45) is 2.12. The Balaban J connectivity index is 1.72. The molecule has 1 saturated heterocycles. The van der Waals surface area contributed by atoms with E-state index in [2.05, 4.69) is 37.8 Å². The van der Waals surface area contributed by atoms with Crippen LogP contribution in [0.2, 0.25) is 0 Å². The van der Waals surface area contributed by atoms with E-state index in [1.54, 1.807) is 0 Å². The third-order valence-electron chi connectivity index (χ3n) is 5.64. The van der Waals surface area contributed by atoms with Crippen molar-refractivity contribution in [1.82, 2.24) is 4.90 Å². The first-order valence-corrected chi connectivity index (χ1v) is 10.2. The normalized spacial score (nSPS) is 17.5. The molecule has 1 aromatic rings. The van der Waals surface area contributed by atoms with Crippen molar-refractivity contribution < 1.29 is 19.4 Å². The van der Waals surface area contributed by atoms with E-state index in [1.807, 2.05) is 19.1 Å². The smallest absolute Gasteiger partial charge is 0.309 e. The van der Waals surface area contributed by atoms with E-state index in [9.17, 15) is 9.90 Å². The van der Waals surface area contributed by atoms with Gasteiger partial charge in [0.15, 0.2) is 0 Å². The SMILES string of the molecule is CCOC(=O)C1CCN(C[C@H](O)COc2ccc(C(C)(C)CC)cc2)CC1. The number of aliphatic hydroxyl groups is 1. The molecule has 0 spiro atoms. The Bertz CT molecular complexity index is 576. The van der Waals surface area contributed by atoms with Crippen LogP contribution in [0.3, 0.4) is 0 Å². The van der Waals surface area contributed by atoms with Gasteiger partial charge in [0.2, 0.25) is 0 Å². The van der Waals surface area contributed by atoms with Gasteiger partial charge in [0.25, 0.3) is 0 Å². The summed E-state index contributed by atoms with van der Waals surface area (Å²) >= 11 is 0. The number of piperidine rings is 1. The molecule has 0 aromatic heterocycles. The topological polar surface area (TPSA) is 59.0 Å². The van der Waals surface area contributed by atoms with E-state index in [1.165, 1.54) is 5.56 Å². The second-order valence-corrected chi connectivity index (χ2v) is 8.05. The van der Waals surface area contributed by atoms with Crippen molar-refractivity contribution in [2.24, 2.45) is 5.92 Å². The standard InChI is InChI=1S/C22H35NO4/c1-5-22(3,4)18-7-9-20(10-8-18)27-16-19(24)15-23-13-11-17(12-14-23)21(25)26-6-2/h7-10,17,19,24H,5-6,11-16H2,1-4H3/t19-/m0/s1. The van der Waals surface area contributed by atoms with Crippen molar-refractivity contribution in [3.8, 4) is 5.75 Å². The zero-order chi connectivity index (χ0) is 19.9. The number of hydrogen-bond donors (Lipinski definition) is 1. The van der Waals surface area contributed by atoms with Crippen molar-refractivity contribution in [1.29, 1.82) is 0 Å². The van der Waals surface area contributed by atoms with Gasteiger partial charge in [-0.2, -0.15) is 0 Å². The summed E-state index contributed by atoms with van der Waals surface area (Å²) < 4.78 is 10.8. The number of carbonyl (C=O) groups excluding carboxylic acids is 1. The molecule has 152 valence electrons. The summed E-state index contributed by atoms with van der Waals surface area (Å²) in [5, 5.41) is 10.3. The first-order valence-electron chi connectivity index (χ1n) is 10.2. The average molecular weight is 378 g/mol. The monoisotopic (exact) mass is 377 g/mol. The van der Waals surface area contributed by atoms with Gasteiger partial charge in [-0.1, -0.05) is 32.9 Å². The highest BCUT2D eigenvalue weighted by Gasteiger charge is 2.27. The lowest BCUT2D eigenvalue weighted by molar-refractivity contribution is -0.149. The molecular formula is C22H35NO4. The molecule has 0 amide bonds. The first kappa shape index (κ1) is 21.7. The molecule has 1 aromatic carbocycles. The van der Waals surface area contributed by atoms with Crippen molar-refractivity contribution >= 4 is 5.97 Å². The van der Waals surface area contributed by atoms with E-state index in [0.29, 0.717) is 13.2 Å². The highest BCUT2D eigenvalue weighted by Crippen LogP contribution is 2.28. The Kier molecular flexibility index (Phi) is 8.11. The van der Waals surface area contributed by atoms with Crippen molar-refractivity contribution in [3.05, 3.63) is 29.8 Å². The number of nitrogens with zero attached hydrogens (tertiary/aromatic N) is 1. The lowest BCUT2D eigenvalue weighted by Crippen LogP contribution is -2.42. The van der Waals surface area contributed by atoms with Gasteiger partial charge in [-0.15, -0.1) is 0 Å². The molecule has 1 heterocycles. The maximum absolute atomic E-state index is 11.8. The predicted molar refractivity (Wildman–Crippen MR) is 107 cm³/mol. The first-order chi connectivity index (χ1) is 12.9. The number of esters is 1. The molecule has 1 fully saturated rings. The highest BCUT2D eigenvalue weighted by molar-refractivity contribution is 5.72. The van der Waals surface area contributed by atoms with Crippen LogP contribution in [-0.4, -0.2) is 54.9 Å². The van der Waals surface area contributed by atoms with Crippen molar-refractivity contribution in [3.63, 3.8) is 0 Å². The van der Waals surface area contributed by atoms with Gasteiger partial charge in [0, 0.05) is 6.54 Å². The highest BCUT2D eigenvalue weighted by atomic mass is 16.5. The molecule has 0 bridgehead atoms. The third-order valence-corrected chi connectivity index (χ3v) is 5.64. The zero-order valence-electron chi connectivity index (χ0n) is 17.2. The van der Waals surface area contributed by atoms with Crippen LogP contribution in [0.4, 0.5) is 0 Å². The molecule has 0 saturated carbocycles. The van der Waals surface area contributed by atoms with Gasteiger partial charge in [0.1, 0.15) is 18.5 Å². The minimum absolute atomic E-state index is 0.000443. The molecule has 1 aliphatic heterocycles. The second kappa shape index (κ2) is 10.1. The van der Waals surface area contributed by atoms with Crippen LogP contribution in [0.25, 0.3) is 0 Å². The van der Waals surface area contributed by atoms with Crippen LogP contribution in [0, 0.1) is 5.92 Å². The lowest BCUT2D eigenvalue weighted by Gasteiger charge is -2.32. The van der Waals surface area contributed by atoms with Crippen molar-refractivity contribution in [2.75, 3.05) is 32.8 Å². The Hall–Kier alpha value is -1.59. The van der Waals surface area contributed by atoms with E-state index < -0.39 is 6.10 Å². The summed E-state index contributed by atoms with van der Waals surface area (Å²) in [5.74, 6) is 0.696. The second-order valence-electron chi connectivity index (χ2n) is 8.05. The molecule has 1 atom stereocenters. The number of β-amino-alcohol motifs (C(OH)–C–C–N with tert-alkyl or cyclic N) is 1. The Morgan fingerprint density at radius 2 is 1.85 bits per heavy atom. The van der Waals surface area contributed by atoms with Gasteiger partial charge in [-0.25, -0.2) is 0 Å². The molecular weight excluding hydrogens is 342 g/mol. The van der Waals surface area contributed by atoms with Crippen LogP contribution in [0.15, 0.2) is 24.3 Å². The number of likely N-dealkylation sites (tertiary alicyclic amines) is 1. The summed E-state index contributed by atoms with van der Waals surface area (Å²) in [7, 11) is 0. The number of aliphatic hydroxyl groups excluding tert-OH is 1. The minimum atomic E-state index is -0.545. The van der Waals surface area contributed by atoms with Gasteiger partial charge >= 0.3 is 5.97 Å². The van der Waals surface area contributed by atoms with E-state index >= 15 is 0 Å². The quantitative estimate of drug-likeness (QED) is 0.669. The molecule has 0 radical (unpaired) electrons. The molecule has 27 heavy (non-hydrogen) atoms. The number of benzene rings is 1. The largest absolute Gasteiger partial charge is 0.491 e. The van der Waals surface area contributed by atoms with Crippen LogP contribution < -0.4 is 4.74 Å². The van der Waals surface area contributed by atoms with Crippen LogP contribution in [0.5, 0.6) is 5.75 Å². The number of rotatable bonds is 9. The maximum atomic E-state index is 11.8. The summed E-state index contributed by atoms with van der Waals surface area (Å²) in [6.45, 7) is 11.4. The van der Waals surface area contributed by atoms with E-state index in [-0.39, 0.29) is 23.9 Å². The summed E-state index contributed by atoms with van der Waals surface area (Å²) in [4.78, 5) is 14.0. The van der Waals surface area contributed by atoms with E-state index in [4.69, 9.17) is 9.47 Å². The van der Waals surface area contributed by atoms with Gasteiger partial charge in [-0.05, 0) is 62.4 Å². The Labute approximate surface area is 163 Å². The zero-order valence-corrected chi connectivity index (χ0v) is 17.2. The fourth-order valence-corrected chi connectivity index (χ4v) is 3.36. The molecule has 0 aliphatic carbocycles. The minimum Gasteiger partial charge on any atom is -0.491 e. The van der Waals surface area contributed by atoms with Crippen LogP contribution in [0.1, 0.15) is 52.5 Å². The Morgan fingerprint density at radius 1 is 1.22 bits per heavy atom. The molecule has 2 rings (SSSR count). The molecule has 1 aliphatic rings. The maximum Gasteiger partial charge on any atom is 0.309 e. The Morgan fingerprint density at radius 3 is 2.41 bits per heavy atom. The molecule has 5 heteroatoms. The fourth-order valence-electron chi connectivity index (χ4n) is 3.36. The molecule has 0 unspecified atom stereocenters. The van der Waals surface area contributed by atoms with Crippen LogP contribution >= 0.6 is 0 Å². The van der Waals surface area contributed by atoms with Gasteiger partial charge in [0.05, 0.1) is 12.5 Å². The molecule has 1 N–H and O–H groups in total.